The van der Waals surface area contributed by atoms with E-state index in [4.69, 9.17) is 9.47 Å². The molecule has 176 valence electrons. The zero-order chi connectivity index (χ0) is 24.0. The summed E-state index contributed by atoms with van der Waals surface area (Å²) in [6.45, 7) is 0.442. The molecule has 3 rings (SSSR count). The van der Waals surface area contributed by atoms with E-state index < -0.39 is 6.36 Å². The molecule has 0 saturated heterocycles. The first-order valence-electron chi connectivity index (χ1n) is 9.92. The van der Waals surface area contributed by atoms with Crippen molar-refractivity contribution < 1.29 is 32.2 Å². The van der Waals surface area contributed by atoms with E-state index in [1.165, 1.54) is 49.4 Å². The molecule has 0 aliphatic heterocycles. The fourth-order valence-electron chi connectivity index (χ4n) is 3.15. The lowest BCUT2D eigenvalue weighted by molar-refractivity contribution is -0.274. The van der Waals surface area contributed by atoms with Gasteiger partial charge in [0.15, 0.2) is 11.5 Å². The van der Waals surface area contributed by atoms with E-state index in [9.17, 15) is 22.8 Å². The summed E-state index contributed by atoms with van der Waals surface area (Å²) in [6, 6.07) is 8.42. The second kappa shape index (κ2) is 10.2. The number of aryl methyl sites for hydroxylation is 1. The molecule has 11 heteroatoms. The van der Waals surface area contributed by atoms with Gasteiger partial charge >= 0.3 is 6.36 Å². The monoisotopic (exact) mass is 465 g/mol. The lowest BCUT2D eigenvalue weighted by Gasteiger charge is -2.11. The average molecular weight is 465 g/mol. The fourth-order valence-corrected chi connectivity index (χ4v) is 3.15. The Morgan fingerprint density at radius 2 is 1.76 bits per heavy atom. The molecule has 0 saturated carbocycles. The fraction of sp³-hybridized carbons (Fsp3) is 0.318. The van der Waals surface area contributed by atoms with Crippen LogP contribution in [0.4, 0.5) is 13.2 Å². The van der Waals surface area contributed by atoms with Crippen LogP contribution in [0.25, 0.3) is 10.9 Å². The molecule has 0 fully saturated rings. The highest BCUT2D eigenvalue weighted by molar-refractivity contribution is 5.81. The maximum absolute atomic E-state index is 12.7. The topological polar surface area (TPSA) is 91.7 Å². The molecule has 1 N–H and O–H groups in total. The number of nitrogens with zero attached hydrogens (tertiary/aromatic N) is 2. The van der Waals surface area contributed by atoms with E-state index >= 15 is 0 Å². The highest BCUT2D eigenvalue weighted by Crippen LogP contribution is 2.29. The number of methoxy groups -OCH3 is 2. The van der Waals surface area contributed by atoms with Gasteiger partial charge in [-0.25, -0.2) is 4.98 Å². The van der Waals surface area contributed by atoms with Gasteiger partial charge in [0, 0.05) is 25.6 Å². The standard InChI is InChI=1S/C22H22F3N3O5/c1-31-18-10-16-17(11-19(18)32-2)27-13-28(21(16)30)9-3-4-20(29)26-12-14-5-7-15(8-6-14)33-22(23,24)25/h5-8,10-11,13H,3-4,9,12H2,1-2H3,(H,26,29). The number of fused-ring (bicyclic) bond motifs is 1. The molecule has 0 atom stereocenters. The van der Waals surface area contributed by atoms with Crippen molar-refractivity contribution in [3.05, 3.63) is 58.6 Å². The van der Waals surface area contributed by atoms with Crippen LogP contribution >= 0.6 is 0 Å². The minimum Gasteiger partial charge on any atom is -0.493 e. The molecule has 0 spiro atoms. The molecular formula is C22H22F3N3O5. The molecule has 0 bridgehead atoms. The number of alkyl halides is 3. The second-order valence-corrected chi connectivity index (χ2v) is 7.04. The van der Waals surface area contributed by atoms with Gasteiger partial charge in [0.25, 0.3) is 5.56 Å². The van der Waals surface area contributed by atoms with Gasteiger partial charge < -0.3 is 19.5 Å². The summed E-state index contributed by atoms with van der Waals surface area (Å²) in [5, 5.41) is 3.06. The van der Waals surface area contributed by atoms with Gasteiger partial charge in [0.2, 0.25) is 5.91 Å². The van der Waals surface area contributed by atoms with Crippen LogP contribution in [0.15, 0.2) is 47.5 Å². The highest BCUT2D eigenvalue weighted by Gasteiger charge is 2.30. The largest absolute Gasteiger partial charge is 0.573 e. The second-order valence-electron chi connectivity index (χ2n) is 7.04. The van der Waals surface area contributed by atoms with Gasteiger partial charge in [0.05, 0.1) is 31.4 Å². The first-order valence-corrected chi connectivity index (χ1v) is 9.92. The van der Waals surface area contributed by atoms with Crippen LogP contribution in [0.1, 0.15) is 18.4 Å². The third-order valence-electron chi connectivity index (χ3n) is 4.78. The number of halogens is 3. The van der Waals surface area contributed by atoms with Gasteiger partial charge in [-0.15, -0.1) is 13.2 Å². The third kappa shape index (κ3) is 6.37. The quantitative estimate of drug-likeness (QED) is 0.521. The first-order chi connectivity index (χ1) is 15.7. The highest BCUT2D eigenvalue weighted by atomic mass is 19.4. The Morgan fingerprint density at radius 3 is 2.39 bits per heavy atom. The Morgan fingerprint density at radius 1 is 1.09 bits per heavy atom. The normalized spacial score (nSPS) is 11.3. The molecule has 0 aliphatic rings. The van der Waals surface area contributed by atoms with Crippen LogP contribution in [-0.2, 0) is 17.9 Å². The van der Waals surface area contributed by atoms with E-state index in [2.05, 4.69) is 15.0 Å². The number of nitrogens with one attached hydrogen (secondary N) is 1. The molecule has 1 amide bonds. The number of amides is 1. The van der Waals surface area contributed by atoms with Crippen molar-refractivity contribution in [2.24, 2.45) is 0 Å². The number of hydrogen-bond donors (Lipinski definition) is 1. The number of benzene rings is 2. The van der Waals surface area contributed by atoms with E-state index in [0.717, 1.165) is 0 Å². The summed E-state index contributed by atoms with van der Waals surface area (Å²) >= 11 is 0. The Bertz CT molecular complexity index is 1180. The molecule has 1 aromatic heterocycles. The van der Waals surface area contributed by atoms with Crippen LogP contribution in [0, 0.1) is 0 Å². The number of rotatable bonds is 9. The number of hydrogen-bond acceptors (Lipinski definition) is 6. The minimum atomic E-state index is -4.75. The molecule has 33 heavy (non-hydrogen) atoms. The molecule has 0 radical (unpaired) electrons. The van der Waals surface area contributed by atoms with Crippen molar-refractivity contribution in [2.45, 2.75) is 32.3 Å². The number of carbonyl (C=O) groups excluding carboxylic acids is 1. The summed E-state index contributed by atoms with van der Waals surface area (Å²) in [5.74, 6) is 0.301. The van der Waals surface area contributed by atoms with Crippen LogP contribution in [0.3, 0.4) is 0 Å². The van der Waals surface area contributed by atoms with Crippen molar-refractivity contribution in [2.75, 3.05) is 14.2 Å². The number of ether oxygens (including phenoxy) is 3. The predicted octanol–water partition coefficient (Wildman–Crippen LogP) is 3.41. The summed E-state index contributed by atoms with van der Waals surface area (Å²) in [5.41, 5.74) is 0.832. The Kier molecular flexibility index (Phi) is 7.41. The summed E-state index contributed by atoms with van der Waals surface area (Å²) in [6.07, 6.45) is -2.79. The Labute approximate surface area is 186 Å². The minimum absolute atomic E-state index is 0.157. The van der Waals surface area contributed by atoms with Gasteiger partial charge in [-0.05, 0) is 30.2 Å². The molecule has 8 nitrogen and oxygen atoms in total. The molecule has 2 aromatic carbocycles. The van der Waals surface area contributed by atoms with Crippen LogP contribution in [0.5, 0.6) is 17.2 Å². The number of carbonyl (C=O) groups is 1. The van der Waals surface area contributed by atoms with Gasteiger partial charge in [0.1, 0.15) is 5.75 Å². The van der Waals surface area contributed by atoms with Crippen molar-refractivity contribution in [1.29, 1.82) is 0 Å². The van der Waals surface area contributed by atoms with Crippen molar-refractivity contribution in [3.8, 4) is 17.2 Å². The van der Waals surface area contributed by atoms with Crippen LogP contribution < -0.4 is 25.1 Å². The van der Waals surface area contributed by atoms with Gasteiger partial charge in [-0.2, -0.15) is 0 Å². The molecular weight excluding hydrogens is 443 g/mol. The van der Waals surface area contributed by atoms with Crippen molar-refractivity contribution >= 4 is 16.8 Å². The zero-order valence-electron chi connectivity index (χ0n) is 17.9. The predicted molar refractivity (Wildman–Crippen MR) is 113 cm³/mol. The Balaban J connectivity index is 1.53. The van der Waals surface area contributed by atoms with Crippen LogP contribution in [-0.4, -0.2) is 36.0 Å². The number of aromatic nitrogens is 2. The maximum Gasteiger partial charge on any atom is 0.573 e. The zero-order valence-corrected chi connectivity index (χ0v) is 17.9. The molecule has 0 unspecified atom stereocenters. The van der Waals surface area contributed by atoms with E-state index in [1.807, 2.05) is 0 Å². The molecule has 1 heterocycles. The summed E-state index contributed by atoms with van der Waals surface area (Å²) in [7, 11) is 2.97. The molecule has 3 aromatic rings. The lowest BCUT2D eigenvalue weighted by Crippen LogP contribution is -2.25. The Hall–Kier alpha value is -3.76. The summed E-state index contributed by atoms with van der Waals surface area (Å²) in [4.78, 5) is 29.1. The van der Waals surface area contributed by atoms with E-state index in [-0.39, 0.29) is 36.7 Å². The third-order valence-corrected chi connectivity index (χ3v) is 4.78. The van der Waals surface area contributed by atoms with Gasteiger partial charge in [-0.1, -0.05) is 12.1 Å². The summed E-state index contributed by atoms with van der Waals surface area (Å²) < 4.78 is 52.2. The van der Waals surface area contributed by atoms with Crippen molar-refractivity contribution in [1.82, 2.24) is 14.9 Å². The first kappa shape index (κ1) is 23.9. The SMILES string of the molecule is COc1cc2ncn(CCCC(=O)NCc3ccc(OC(F)(F)F)cc3)c(=O)c2cc1OC. The lowest BCUT2D eigenvalue weighted by atomic mass is 10.2. The molecule has 0 aliphatic carbocycles. The van der Waals surface area contributed by atoms with E-state index in [1.54, 1.807) is 12.1 Å². The van der Waals surface area contributed by atoms with Gasteiger partial charge in [-0.3, -0.25) is 14.2 Å². The van der Waals surface area contributed by atoms with E-state index in [0.29, 0.717) is 34.4 Å². The maximum atomic E-state index is 12.7. The van der Waals surface area contributed by atoms with Crippen LogP contribution in [0.2, 0.25) is 0 Å². The smallest absolute Gasteiger partial charge is 0.493 e. The average Bonchev–Trinajstić information content (AvgIpc) is 2.78. The van der Waals surface area contributed by atoms with Crippen molar-refractivity contribution in [3.63, 3.8) is 0 Å².